The lowest BCUT2D eigenvalue weighted by molar-refractivity contribution is 0.356. The van der Waals surface area contributed by atoms with E-state index < -0.39 is 0 Å². The van der Waals surface area contributed by atoms with E-state index >= 15 is 0 Å². The Kier molecular flexibility index (Phi) is 4.24. The van der Waals surface area contributed by atoms with Gasteiger partial charge in [0.2, 0.25) is 0 Å². The summed E-state index contributed by atoms with van der Waals surface area (Å²) in [5.41, 5.74) is 1.38. The summed E-state index contributed by atoms with van der Waals surface area (Å²) in [6, 6.07) is 10.9. The fraction of sp³-hybridized carbons (Fsp3) is 0.300. The van der Waals surface area contributed by atoms with Crippen LogP contribution in [0.15, 0.2) is 36.4 Å². The first kappa shape index (κ1) is 16.4. The molecule has 1 aliphatic heterocycles. The van der Waals surface area contributed by atoms with Gasteiger partial charge in [-0.15, -0.1) is 0 Å². The third-order valence-corrected chi connectivity index (χ3v) is 4.73. The molecule has 1 saturated heterocycles. The molecule has 2 aromatic carbocycles. The summed E-state index contributed by atoms with van der Waals surface area (Å²) in [5.74, 6) is 2.81. The van der Waals surface area contributed by atoms with Crippen LogP contribution in [0.1, 0.15) is 12.8 Å². The number of phenols is 1. The minimum absolute atomic E-state index is 0.166. The van der Waals surface area contributed by atoms with Crippen molar-refractivity contribution < 1.29 is 14.6 Å². The van der Waals surface area contributed by atoms with Gasteiger partial charge in [0.15, 0.2) is 17.3 Å². The molecule has 2 heterocycles. The summed E-state index contributed by atoms with van der Waals surface area (Å²) in [4.78, 5) is 11.8. The SMILES string of the molecule is COc1cc2nc(-c3ccccc3O)nc(N3CCCC3)c2cc1OC. The zero-order valence-electron chi connectivity index (χ0n) is 14.9. The van der Waals surface area contributed by atoms with E-state index in [9.17, 15) is 5.11 Å². The number of fused-ring (bicyclic) bond motifs is 1. The molecule has 26 heavy (non-hydrogen) atoms. The molecule has 0 atom stereocenters. The van der Waals surface area contributed by atoms with E-state index in [1.165, 1.54) is 0 Å². The van der Waals surface area contributed by atoms with Crippen molar-refractivity contribution in [1.82, 2.24) is 9.97 Å². The van der Waals surface area contributed by atoms with Gasteiger partial charge in [0.1, 0.15) is 11.6 Å². The molecule has 0 spiro atoms. The van der Waals surface area contributed by atoms with Crippen LogP contribution in [0, 0.1) is 0 Å². The Morgan fingerprint density at radius 1 is 0.962 bits per heavy atom. The Labute approximate surface area is 152 Å². The highest BCUT2D eigenvalue weighted by molar-refractivity contribution is 5.94. The van der Waals surface area contributed by atoms with Gasteiger partial charge < -0.3 is 19.5 Å². The molecule has 1 aliphatic rings. The highest BCUT2D eigenvalue weighted by Crippen LogP contribution is 2.38. The predicted octanol–water partition coefficient (Wildman–Crippen LogP) is 3.62. The maximum absolute atomic E-state index is 10.2. The van der Waals surface area contributed by atoms with Crippen LogP contribution >= 0.6 is 0 Å². The first-order chi connectivity index (χ1) is 12.7. The van der Waals surface area contributed by atoms with E-state index in [0.717, 1.165) is 42.7 Å². The van der Waals surface area contributed by atoms with Crippen molar-refractivity contribution in [3.05, 3.63) is 36.4 Å². The summed E-state index contributed by atoms with van der Waals surface area (Å²) in [6.07, 6.45) is 2.29. The normalized spacial score (nSPS) is 14.0. The van der Waals surface area contributed by atoms with Crippen LogP contribution in [-0.4, -0.2) is 42.4 Å². The lowest BCUT2D eigenvalue weighted by atomic mass is 10.1. The van der Waals surface area contributed by atoms with E-state index in [1.807, 2.05) is 24.3 Å². The summed E-state index contributed by atoms with van der Waals surface area (Å²) >= 11 is 0. The molecular weight excluding hydrogens is 330 g/mol. The number of nitrogens with zero attached hydrogens (tertiary/aromatic N) is 3. The van der Waals surface area contributed by atoms with Crippen molar-refractivity contribution >= 4 is 16.7 Å². The third-order valence-electron chi connectivity index (χ3n) is 4.73. The minimum Gasteiger partial charge on any atom is -0.507 e. The van der Waals surface area contributed by atoms with Gasteiger partial charge >= 0.3 is 0 Å². The van der Waals surface area contributed by atoms with Crippen LogP contribution in [0.3, 0.4) is 0 Å². The summed E-state index contributed by atoms with van der Waals surface area (Å²) in [7, 11) is 3.23. The molecule has 134 valence electrons. The fourth-order valence-electron chi connectivity index (χ4n) is 3.39. The standard InChI is InChI=1S/C20H21N3O3/c1-25-17-11-14-15(12-18(17)26-2)21-19(13-7-3-4-8-16(13)24)22-20(14)23-9-5-6-10-23/h3-4,7-8,11-12,24H,5-6,9-10H2,1-2H3. The first-order valence-electron chi connectivity index (χ1n) is 8.68. The van der Waals surface area contributed by atoms with Crippen LogP contribution in [0.5, 0.6) is 17.2 Å². The van der Waals surface area contributed by atoms with Gasteiger partial charge in [-0.3, -0.25) is 0 Å². The smallest absolute Gasteiger partial charge is 0.165 e. The molecule has 6 nitrogen and oxygen atoms in total. The topological polar surface area (TPSA) is 67.7 Å². The molecule has 0 bridgehead atoms. The number of benzene rings is 2. The molecule has 0 unspecified atom stereocenters. The number of aromatic hydroxyl groups is 1. The number of hydrogen-bond acceptors (Lipinski definition) is 6. The Balaban J connectivity index is 1.99. The molecule has 0 amide bonds. The highest BCUT2D eigenvalue weighted by Gasteiger charge is 2.21. The molecule has 4 rings (SSSR count). The molecule has 1 aromatic heterocycles. The highest BCUT2D eigenvalue weighted by atomic mass is 16.5. The van der Waals surface area contributed by atoms with Crippen molar-refractivity contribution in [3.8, 4) is 28.6 Å². The van der Waals surface area contributed by atoms with E-state index in [1.54, 1.807) is 26.4 Å². The average molecular weight is 351 g/mol. The molecule has 1 N–H and O–H groups in total. The Morgan fingerprint density at radius 3 is 2.35 bits per heavy atom. The molecule has 0 saturated carbocycles. The number of ether oxygens (including phenoxy) is 2. The Bertz CT molecular complexity index is 952. The van der Waals surface area contributed by atoms with E-state index in [0.29, 0.717) is 22.9 Å². The van der Waals surface area contributed by atoms with E-state index in [4.69, 9.17) is 14.5 Å². The van der Waals surface area contributed by atoms with Crippen LogP contribution < -0.4 is 14.4 Å². The lowest BCUT2D eigenvalue weighted by Crippen LogP contribution is -2.20. The van der Waals surface area contributed by atoms with Gasteiger partial charge in [-0.2, -0.15) is 0 Å². The van der Waals surface area contributed by atoms with Crippen molar-refractivity contribution in [1.29, 1.82) is 0 Å². The van der Waals surface area contributed by atoms with Gasteiger partial charge in [-0.1, -0.05) is 12.1 Å². The predicted molar refractivity (Wildman–Crippen MR) is 101 cm³/mol. The monoisotopic (exact) mass is 351 g/mol. The number of para-hydroxylation sites is 1. The van der Waals surface area contributed by atoms with Gasteiger partial charge in [0.25, 0.3) is 0 Å². The fourth-order valence-corrected chi connectivity index (χ4v) is 3.39. The van der Waals surface area contributed by atoms with Crippen LogP contribution in [0.4, 0.5) is 5.82 Å². The molecule has 3 aromatic rings. The van der Waals surface area contributed by atoms with Crippen molar-refractivity contribution in [2.45, 2.75) is 12.8 Å². The van der Waals surface area contributed by atoms with Crippen LogP contribution in [0.2, 0.25) is 0 Å². The van der Waals surface area contributed by atoms with Crippen molar-refractivity contribution in [2.75, 3.05) is 32.2 Å². The first-order valence-corrected chi connectivity index (χ1v) is 8.68. The van der Waals surface area contributed by atoms with E-state index in [2.05, 4.69) is 9.88 Å². The van der Waals surface area contributed by atoms with Gasteiger partial charge in [-0.25, -0.2) is 9.97 Å². The Morgan fingerprint density at radius 2 is 1.65 bits per heavy atom. The number of hydrogen-bond donors (Lipinski definition) is 1. The number of anilines is 1. The number of aromatic nitrogens is 2. The average Bonchev–Trinajstić information content (AvgIpc) is 3.21. The third kappa shape index (κ3) is 2.77. The molecule has 6 heteroatoms. The van der Waals surface area contributed by atoms with E-state index in [-0.39, 0.29) is 5.75 Å². The summed E-state index contributed by atoms with van der Waals surface area (Å²) in [5, 5.41) is 11.2. The van der Waals surface area contributed by atoms with Gasteiger partial charge in [0, 0.05) is 24.5 Å². The quantitative estimate of drug-likeness (QED) is 0.774. The summed E-state index contributed by atoms with van der Waals surface area (Å²) < 4.78 is 10.9. The Hall–Kier alpha value is -3.02. The lowest BCUT2D eigenvalue weighted by Gasteiger charge is -2.20. The number of methoxy groups -OCH3 is 2. The largest absolute Gasteiger partial charge is 0.507 e. The number of rotatable bonds is 4. The van der Waals surface area contributed by atoms with Gasteiger partial charge in [-0.05, 0) is 31.0 Å². The van der Waals surface area contributed by atoms with Crippen LogP contribution in [-0.2, 0) is 0 Å². The van der Waals surface area contributed by atoms with Crippen molar-refractivity contribution in [3.63, 3.8) is 0 Å². The van der Waals surface area contributed by atoms with Crippen molar-refractivity contribution in [2.24, 2.45) is 0 Å². The second kappa shape index (κ2) is 6.71. The maximum Gasteiger partial charge on any atom is 0.165 e. The van der Waals surface area contributed by atoms with Gasteiger partial charge in [0.05, 0.1) is 25.3 Å². The minimum atomic E-state index is 0.166. The molecule has 1 fully saturated rings. The second-order valence-electron chi connectivity index (χ2n) is 6.31. The summed E-state index contributed by atoms with van der Waals surface area (Å²) in [6.45, 7) is 1.92. The zero-order chi connectivity index (χ0) is 18.1. The van der Waals surface area contributed by atoms with Crippen LogP contribution in [0.25, 0.3) is 22.3 Å². The molecular formula is C20H21N3O3. The number of phenolic OH excluding ortho intramolecular Hbond substituents is 1. The molecule has 0 aliphatic carbocycles. The zero-order valence-corrected chi connectivity index (χ0v) is 14.9. The maximum atomic E-state index is 10.2. The second-order valence-corrected chi connectivity index (χ2v) is 6.31. The molecule has 0 radical (unpaired) electrons.